The maximum Gasteiger partial charge on any atom is 0.153 e. The van der Waals surface area contributed by atoms with Gasteiger partial charge in [0.15, 0.2) is 5.82 Å². The minimum atomic E-state index is 0.851. The van der Waals surface area contributed by atoms with E-state index in [2.05, 4.69) is 43.4 Å². The van der Waals surface area contributed by atoms with Crippen LogP contribution in [0, 0.1) is 6.92 Å². The van der Waals surface area contributed by atoms with Crippen LogP contribution in [0.15, 0.2) is 17.8 Å². The molecule has 1 N–H and O–H groups in total. The van der Waals surface area contributed by atoms with Crippen LogP contribution >= 0.6 is 11.3 Å². The molecule has 0 atom stereocenters. The molecule has 0 saturated heterocycles. The molecule has 20 heavy (non-hydrogen) atoms. The average molecular weight is 285 g/mol. The summed E-state index contributed by atoms with van der Waals surface area (Å²) in [5, 5.41) is 11.2. The summed E-state index contributed by atoms with van der Waals surface area (Å²) in [5.74, 6) is 1.73. The molecule has 0 fully saturated rings. The Morgan fingerprint density at radius 3 is 3.15 bits per heavy atom. The van der Waals surface area contributed by atoms with Crippen LogP contribution in [0.5, 0.6) is 0 Å². The molecule has 0 saturated carbocycles. The number of nitrogens with zero attached hydrogens (tertiary/aromatic N) is 4. The molecule has 1 aliphatic rings. The Bertz CT molecular complexity index is 750. The zero-order valence-corrected chi connectivity index (χ0v) is 12.1. The number of aromatic nitrogens is 4. The maximum atomic E-state index is 4.62. The predicted octanol–water partition coefficient (Wildman–Crippen LogP) is 3.28. The lowest BCUT2D eigenvalue weighted by molar-refractivity contribution is 0.487. The van der Waals surface area contributed by atoms with Crippen molar-refractivity contribution in [2.75, 3.05) is 5.32 Å². The molecule has 0 bridgehead atoms. The van der Waals surface area contributed by atoms with Crippen molar-refractivity contribution in [3.8, 4) is 0 Å². The van der Waals surface area contributed by atoms with Gasteiger partial charge in [0.2, 0.25) is 0 Å². The van der Waals surface area contributed by atoms with Gasteiger partial charge in [0, 0.05) is 18.3 Å². The van der Waals surface area contributed by atoms with Gasteiger partial charge in [-0.1, -0.05) is 0 Å². The quantitative estimate of drug-likeness (QED) is 0.785. The van der Waals surface area contributed by atoms with Gasteiger partial charge in [-0.05, 0) is 37.1 Å². The van der Waals surface area contributed by atoms with E-state index < -0.39 is 0 Å². The van der Waals surface area contributed by atoms with E-state index in [1.807, 2.05) is 0 Å². The van der Waals surface area contributed by atoms with Crippen LogP contribution in [-0.4, -0.2) is 19.7 Å². The van der Waals surface area contributed by atoms with Crippen LogP contribution < -0.4 is 5.32 Å². The molecule has 0 aliphatic carbocycles. The summed E-state index contributed by atoms with van der Waals surface area (Å²) >= 11 is 1.65. The van der Waals surface area contributed by atoms with E-state index >= 15 is 0 Å². The van der Waals surface area contributed by atoms with Gasteiger partial charge in [-0.2, -0.15) is 5.10 Å². The molecule has 0 amide bonds. The first kappa shape index (κ1) is 11.8. The van der Waals surface area contributed by atoms with Crippen LogP contribution in [0.25, 0.3) is 10.2 Å². The van der Waals surface area contributed by atoms with E-state index in [9.17, 15) is 0 Å². The van der Waals surface area contributed by atoms with Crippen LogP contribution in [0.2, 0.25) is 0 Å². The monoisotopic (exact) mass is 285 g/mol. The zero-order valence-electron chi connectivity index (χ0n) is 11.3. The molecule has 1 aliphatic heterocycles. The van der Waals surface area contributed by atoms with Crippen molar-refractivity contribution < 1.29 is 0 Å². The summed E-state index contributed by atoms with van der Waals surface area (Å²) in [4.78, 5) is 9.71. The Morgan fingerprint density at radius 1 is 1.30 bits per heavy atom. The number of thiophene rings is 1. The van der Waals surface area contributed by atoms with Crippen LogP contribution in [0.4, 0.5) is 11.6 Å². The van der Waals surface area contributed by atoms with Crippen molar-refractivity contribution in [2.24, 2.45) is 0 Å². The molecule has 5 nitrogen and oxygen atoms in total. The lowest BCUT2D eigenvalue weighted by Crippen LogP contribution is -2.10. The summed E-state index contributed by atoms with van der Waals surface area (Å²) in [6.45, 7) is 3.11. The van der Waals surface area contributed by atoms with E-state index in [4.69, 9.17) is 0 Å². The molecular formula is C14H15N5S. The second-order valence-corrected chi connectivity index (χ2v) is 6.01. The third-order valence-electron chi connectivity index (χ3n) is 3.72. The predicted molar refractivity (Wildman–Crippen MR) is 80.6 cm³/mol. The molecule has 0 radical (unpaired) electrons. The second kappa shape index (κ2) is 4.56. The highest BCUT2D eigenvalue weighted by molar-refractivity contribution is 7.17. The fraction of sp³-hybridized carbons (Fsp3) is 0.357. The van der Waals surface area contributed by atoms with Crippen molar-refractivity contribution in [1.29, 1.82) is 0 Å². The fourth-order valence-corrected chi connectivity index (χ4v) is 3.60. The first-order chi connectivity index (χ1) is 9.81. The minimum Gasteiger partial charge on any atom is -0.323 e. The normalized spacial score (nSPS) is 14.4. The van der Waals surface area contributed by atoms with E-state index in [0.29, 0.717) is 0 Å². The van der Waals surface area contributed by atoms with Gasteiger partial charge in [-0.3, -0.25) is 4.68 Å². The molecule has 3 aromatic rings. The molecule has 0 spiro atoms. The Hall–Kier alpha value is -1.95. The number of aryl methyl sites for hydroxylation is 3. The van der Waals surface area contributed by atoms with Crippen molar-refractivity contribution >= 4 is 33.2 Å². The third-order valence-corrected chi connectivity index (χ3v) is 4.72. The van der Waals surface area contributed by atoms with E-state index in [1.165, 1.54) is 24.1 Å². The Morgan fingerprint density at radius 2 is 2.25 bits per heavy atom. The first-order valence-electron chi connectivity index (χ1n) is 6.84. The Labute approximate surface area is 120 Å². The van der Waals surface area contributed by atoms with Crippen molar-refractivity contribution in [3.63, 3.8) is 0 Å². The molecular weight excluding hydrogens is 270 g/mol. The molecule has 0 unspecified atom stereocenters. The molecule has 4 rings (SSSR count). The number of fused-ring (bicyclic) bond motifs is 2. The van der Waals surface area contributed by atoms with Crippen molar-refractivity contribution in [1.82, 2.24) is 19.7 Å². The molecule has 3 aromatic heterocycles. The van der Waals surface area contributed by atoms with Gasteiger partial charge < -0.3 is 5.32 Å². The Balaban J connectivity index is 1.73. The number of rotatable bonds is 2. The van der Waals surface area contributed by atoms with Crippen LogP contribution in [-0.2, 0) is 13.0 Å². The summed E-state index contributed by atoms with van der Waals surface area (Å²) in [6, 6.07) is 2.13. The summed E-state index contributed by atoms with van der Waals surface area (Å²) < 4.78 is 2.10. The van der Waals surface area contributed by atoms with Gasteiger partial charge in [0.25, 0.3) is 0 Å². The summed E-state index contributed by atoms with van der Waals surface area (Å²) in [5.41, 5.74) is 2.52. The number of nitrogens with one attached hydrogen (secondary N) is 1. The third kappa shape index (κ3) is 1.87. The van der Waals surface area contributed by atoms with Gasteiger partial charge in [0.05, 0.1) is 5.39 Å². The number of hydrogen-bond acceptors (Lipinski definition) is 5. The first-order valence-corrected chi connectivity index (χ1v) is 7.72. The fourth-order valence-electron chi connectivity index (χ4n) is 2.71. The topological polar surface area (TPSA) is 55.6 Å². The van der Waals surface area contributed by atoms with Gasteiger partial charge >= 0.3 is 0 Å². The van der Waals surface area contributed by atoms with Crippen molar-refractivity contribution in [2.45, 2.75) is 32.7 Å². The molecule has 4 heterocycles. The summed E-state index contributed by atoms with van der Waals surface area (Å²) in [6.07, 6.45) is 5.20. The SMILES string of the molecule is Cc1csc2ncnc(Nc3cc4n(n3)CCCC4)c12. The number of hydrogen-bond donors (Lipinski definition) is 1. The van der Waals surface area contributed by atoms with Crippen LogP contribution in [0.3, 0.4) is 0 Å². The molecule has 6 heteroatoms. The van der Waals surface area contributed by atoms with Crippen LogP contribution in [0.1, 0.15) is 24.1 Å². The summed E-state index contributed by atoms with van der Waals surface area (Å²) in [7, 11) is 0. The number of anilines is 2. The smallest absolute Gasteiger partial charge is 0.153 e. The largest absolute Gasteiger partial charge is 0.323 e. The minimum absolute atomic E-state index is 0.851. The van der Waals surface area contributed by atoms with E-state index in [0.717, 1.165) is 34.8 Å². The lowest BCUT2D eigenvalue weighted by atomic mass is 10.1. The maximum absolute atomic E-state index is 4.62. The van der Waals surface area contributed by atoms with E-state index in [-0.39, 0.29) is 0 Å². The molecule has 102 valence electrons. The van der Waals surface area contributed by atoms with Gasteiger partial charge in [-0.25, -0.2) is 9.97 Å². The average Bonchev–Trinajstić information content (AvgIpc) is 3.03. The highest BCUT2D eigenvalue weighted by Crippen LogP contribution is 2.30. The standard InChI is InChI=1S/C14H15N5S/c1-9-7-20-14-12(9)13(15-8-16-14)17-11-6-10-4-2-3-5-19(10)18-11/h6-8H,2-5H2,1H3,(H,15,16,17,18). The second-order valence-electron chi connectivity index (χ2n) is 5.15. The van der Waals surface area contributed by atoms with E-state index in [1.54, 1.807) is 17.7 Å². The zero-order chi connectivity index (χ0) is 13.5. The highest BCUT2D eigenvalue weighted by atomic mass is 32.1. The lowest BCUT2D eigenvalue weighted by Gasteiger charge is -2.11. The Kier molecular flexibility index (Phi) is 2.70. The van der Waals surface area contributed by atoms with Crippen molar-refractivity contribution in [3.05, 3.63) is 29.0 Å². The van der Waals surface area contributed by atoms with Gasteiger partial charge in [-0.15, -0.1) is 11.3 Å². The molecule has 0 aromatic carbocycles. The van der Waals surface area contributed by atoms with Gasteiger partial charge in [0.1, 0.15) is 17.0 Å². The highest BCUT2D eigenvalue weighted by Gasteiger charge is 2.14.